The molecule has 120 valence electrons. The Bertz CT molecular complexity index is 660. The van der Waals surface area contributed by atoms with E-state index < -0.39 is 0 Å². The zero-order chi connectivity index (χ0) is 16.4. The van der Waals surface area contributed by atoms with Crippen LogP contribution in [0.5, 0.6) is 0 Å². The summed E-state index contributed by atoms with van der Waals surface area (Å²) in [5.41, 5.74) is 0.791. The standard InChI is InChI=1S/C17H17ClN2O3/c18-14-8-4-1-5-11(14)9-19-15(21)10-20-16(22)12-6-2-3-7-13(12)17(20)23/h1-5,8,12-13H,6-7,9-10H2,(H,19,21)/t12-,13-/m0/s1. The fourth-order valence-electron chi connectivity index (χ4n) is 3.06. The summed E-state index contributed by atoms with van der Waals surface area (Å²) in [4.78, 5) is 37.7. The Morgan fingerprint density at radius 2 is 1.74 bits per heavy atom. The fraction of sp³-hybridized carbons (Fsp3) is 0.353. The highest BCUT2D eigenvalue weighted by Gasteiger charge is 2.47. The number of hydrogen-bond donors (Lipinski definition) is 1. The summed E-state index contributed by atoms with van der Waals surface area (Å²) in [5, 5.41) is 3.27. The van der Waals surface area contributed by atoms with Crippen LogP contribution in [0.2, 0.25) is 5.02 Å². The first-order valence-corrected chi connectivity index (χ1v) is 7.96. The first-order chi connectivity index (χ1) is 11.1. The highest BCUT2D eigenvalue weighted by atomic mass is 35.5. The Hall–Kier alpha value is -2.14. The van der Waals surface area contributed by atoms with Crippen LogP contribution < -0.4 is 5.32 Å². The summed E-state index contributed by atoms with van der Waals surface area (Å²) in [6, 6.07) is 7.20. The van der Waals surface area contributed by atoms with Crippen molar-refractivity contribution >= 4 is 29.3 Å². The van der Waals surface area contributed by atoms with Crippen LogP contribution in [0, 0.1) is 11.8 Å². The Labute approximate surface area is 139 Å². The molecule has 1 aliphatic carbocycles. The van der Waals surface area contributed by atoms with Gasteiger partial charge in [-0.05, 0) is 24.5 Å². The molecule has 5 nitrogen and oxygen atoms in total. The molecule has 0 unspecified atom stereocenters. The number of nitrogens with zero attached hydrogens (tertiary/aromatic N) is 1. The van der Waals surface area contributed by atoms with Gasteiger partial charge in [0.15, 0.2) is 0 Å². The second-order valence-electron chi connectivity index (χ2n) is 5.79. The summed E-state index contributed by atoms with van der Waals surface area (Å²) < 4.78 is 0. The molecule has 0 radical (unpaired) electrons. The van der Waals surface area contributed by atoms with Crippen molar-refractivity contribution in [2.75, 3.05) is 6.54 Å². The molecular formula is C17H17ClN2O3. The molecule has 2 atom stereocenters. The van der Waals surface area contributed by atoms with Gasteiger partial charge in [-0.1, -0.05) is 42.0 Å². The van der Waals surface area contributed by atoms with Crippen LogP contribution in [-0.2, 0) is 20.9 Å². The monoisotopic (exact) mass is 332 g/mol. The lowest BCUT2D eigenvalue weighted by Crippen LogP contribution is -2.40. The molecule has 6 heteroatoms. The summed E-state index contributed by atoms with van der Waals surface area (Å²) >= 11 is 6.03. The maximum Gasteiger partial charge on any atom is 0.240 e. The van der Waals surface area contributed by atoms with Gasteiger partial charge in [0, 0.05) is 11.6 Å². The van der Waals surface area contributed by atoms with Crippen molar-refractivity contribution < 1.29 is 14.4 Å². The molecule has 23 heavy (non-hydrogen) atoms. The van der Waals surface area contributed by atoms with Gasteiger partial charge in [-0.3, -0.25) is 19.3 Å². The van der Waals surface area contributed by atoms with Gasteiger partial charge < -0.3 is 5.32 Å². The number of carbonyl (C=O) groups excluding carboxylic acids is 3. The van der Waals surface area contributed by atoms with Crippen molar-refractivity contribution in [3.05, 3.63) is 47.0 Å². The number of fused-ring (bicyclic) bond motifs is 1. The molecule has 3 rings (SSSR count). The molecule has 1 saturated heterocycles. The maximum atomic E-state index is 12.3. The Kier molecular flexibility index (Phi) is 4.48. The van der Waals surface area contributed by atoms with E-state index >= 15 is 0 Å². The van der Waals surface area contributed by atoms with E-state index in [0.717, 1.165) is 10.5 Å². The minimum atomic E-state index is -0.363. The lowest BCUT2D eigenvalue weighted by Gasteiger charge is -2.14. The van der Waals surface area contributed by atoms with Gasteiger partial charge >= 0.3 is 0 Å². The number of amides is 3. The van der Waals surface area contributed by atoms with Crippen LogP contribution >= 0.6 is 11.6 Å². The summed E-state index contributed by atoms with van der Waals surface area (Å²) in [6.07, 6.45) is 5.00. The molecule has 1 aromatic rings. The molecule has 1 fully saturated rings. The SMILES string of the molecule is O=C(CN1C(=O)[C@H]2CC=CC[C@@H]2C1=O)NCc1ccccc1Cl. The number of halogens is 1. The van der Waals surface area contributed by atoms with E-state index in [9.17, 15) is 14.4 Å². The van der Waals surface area contributed by atoms with E-state index in [4.69, 9.17) is 11.6 Å². The summed E-state index contributed by atoms with van der Waals surface area (Å²) in [7, 11) is 0. The molecule has 3 amide bonds. The topological polar surface area (TPSA) is 66.5 Å². The number of carbonyl (C=O) groups is 3. The number of imide groups is 1. The number of benzene rings is 1. The molecule has 1 heterocycles. The Balaban J connectivity index is 1.59. The average molecular weight is 333 g/mol. The van der Waals surface area contributed by atoms with Crippen molar-refractivity contribution in [1.82, 2.24) is 10.2 Å². The molecule has 1 aromatic carbocycles. The number of hydrogen-bond acceptors (Lipinski definition) is 3. The number of nitrogens with one attached hydrogen (secondary N) is 1. The second-order valence-corrected chi connectivity index (χ2v) is 6.19. The summed E-state index contributed by atoms with van der Waals surface area (Å²) in [5.74, 6) is -1.44. The van der Waals surface area contributed by atoms with E-state index in [1.165, 1.54) is 0 Å². The molecular weight excluding hydrogens is 316 g/mol. The highest BCUT2D eigenvalue weighted by molar-refractivity contribution is 6.31. The van der Waals surface area contributed by atoms with Crippen molar-refractivity contribution in [3.63, 3.8) is 0 Å². The Morgan fingerprint density at radius 3 is 2.35 bits per heavy atom. The minimum absolute atomic E-state index is 0.227. The fourth-order valence-corrected chi connectivity index (χ4v) is 3.26. The predicted octanol–water partition coefficient (Wildman–Crippen LogP) is 1.91. The van der Waals surface area contributed by atoms with Crippen molar-refractivity contribution in [2.24, 2.45) is 11.8 Å². The molecule has 1 N–H and O–H groups in total. The van der Waals surface area contributed by atoms with Gasteiger partial charge in [-0.15, -0.1) is 0 Å². The normalized spacial score (nSPS) is 23.1. The van der Waals surface area contributed by atoms with E-state index in [1.54, 1.807) is 6.07 Å². The maximum absolute atomic E-state index is 12.3. The highest BCUT2D eigenvalue weighted by Crippen LogP contribution is 2.34. The van der Waals surface area contributed by atoms with E-state index in [1.807, 2.05) is 30.4 Å². The van der Waals surface area contributed by atoms with Crippen LogP contribution in [0.4, 0.5) is 0 Å². The third-order valence-electron chi connectivity index (χ3n) is 4.33. The smallest absolute Gasteiger partial charge is 0.240 e. The number of likely N-dealkylation sites (tertiary alicyclic amines) is 1. The quantitative estimate of drug-likeness (QED) is 0.676. The van der Waals surface area contributed by atoms with Crippen molar-refractivity contribution in [1.29, 1.82) is 0 Å². The zero-order valence-corrected chi connectivity index (χ0v) is 13.3. The molecule has 2 aliphatic rings. The third-order valence-corrected chi connectivity index (χ3v) is 4.70. The van der Waals surface area contributed by atoms with E-state index in [-0.39, 0.29) is 42.6 Å². The van der Waals surface area contributed by atoms with Gasteiger partial charge in [0.1, 0.15) is 6.54 Å². The molecule has 0 aromatic heterocycles. The van der Waals surface area contributed by atoms with Crippen LogP contribution in [0.1, 0.15) is 18.4 Å². The predicted molar refractivity (Wildman–Crippen MR) is 85.4 cm³/mol. The van der Waals surface area contributed by atoms with E-state index in [2.05, 4.69) is 5.32 Å². The van der Waals surface area contributed by atoms with Gasteiger partial charge in [0.2, 0.25) is 17.7 Å². The zero-order valence-electron chi connectivity index (χ0n) is 12.5. The van der Waals surface area contributed by atoms with Crippen molar-refractivity contribution in [2.45, 2.75) is 19.4 Å². The number of allylic oxidation sites excluding steroid dienone is 2. The average Bonchev–Trinajstić information content (AvgIpc) is 2.80. The third kappa shape index (κ3) is 3.15. The van der Waals surface area contributed by atoms with E-state index in [0.29, 0.717) is 17.9 Å². The van der Waals surface area contributed by atoms with Crippen LogP contribution in [0.3, 0.4) is 0 Å². The lowest BCUT2D eigenvalue weighted by molar-refractivity contribution is -0.143. The van der Waals surface area contributed by atoms with Crippen LogP contribution in [0.25, 0.3) is 0 Å². The van der Waals surface area contributed by atoms with Crippen LogP contribution in [-0.4, -0.2) is 29.2 Å². The Morgan fingerprint density at radius 1 is 1.13 bits per heavy atom. The summed E-state index contributed by atoms with van der Waals surface area (Å²) in [6.45, 7) is 0.0399. The first kappa shape index (κ1) is 15.7. The molecule has 0 saturated carbocycles. The first-order valence-electron chi connectivity index (χ1n) is 7.58. The molecule has 0 spiro atoms. The molecule has 1 aliphatic heterocycles. The van der Waals surface area contributed by atoms with Gasteiger partial charge in [0.25, 0.3) is 0 Å². The largest absolute Gasteiger partial charge is 0.350 e. The second kappa shape index (κ2) is 6.54. The van der Waals surface area contributed by atoms with Crippen LogP contribution in [0.15, 0.2) is 36.4 Å². The van der Waals surface area contributed by atoms with Crippen molar-refractivity contribution in [3.8, 4) is 0 Å². The number of rotatable bonds is 4. The molecule has 0 bridgehead atoms. The lowest BCUT2D eigenvalue weighted by atomic mass is 9.85. The van der Waals surface area contributed by atoms with Gasteiger partial charge in [-0.25, -0.2) is 0 Å². The van der Waals surface area contributed by atoms with Gasteiger partial charge in [-0.2, -0.15) is 0 Å². The van der Waals surface area contributed by atoms with Gasteiger partial charge in [0.05, 0.1) is 11.8 Å². The minimum Gasteiger partial charge on any atom is -0.350 e.